The minimum Gasteiger partial charge on any atom is -0.311 e. The predicted octanol–water partition coefficient (Wildman–Crippen LogP) is 16.9. The van der Waals surface area contributed by atoms with Gasteiger partial charge >= 0.3 is 0 Å². The maximum Gasteiger partial charge on any atom is 0.0462 e. The van der Waals surface area contributed by atoms with Gasteiger partial charge in [-0.05, 0) is 134 Å². The van der Waals surface area contributed by atoms with Gasteiger partial charge in [0, 0.05) is 34.1 Å². The fraction of sp³-hybridized carbons (Fsp3) is 0. The van der Waals surface area contributed by atoms with Crippen molar-refractivity contribution in [2.75, 3.05) is 9.80 Å². The van der Waals surface area contributed by atoms with Crippen molar-refractivity contribution in [3.63, 3.8) is 0 Å². The van der Waals surface area contributed by atoms with Gasteiger partial charge in [-0.2, -0.15) is 0 Å². The van der Waals surface area contributed by atoms with E-state index in [0.717, 1.165) is 56.4 Å². The molecule has 294 valence electrons. The molecule has 10 rings (SSSR count). The molecular formula is C60H44N2. The first-order valence-corrected chi connectivity index (χ1v) is 21.2. The average Bonchev–Trinajstić information content (AvgIpc) is 3.35. The van der Waals surface area contributed by atoms with Gasteiger partial charge in [-0.1, -0.05) is 188 Å². The van der Waals surface area contributed by atoms with Crippen LogP contribution in [-0.2, 0) is 0 Å². The number of rotatable bonds is 11. The van der Waals surface area contributed by atoms with Gasteiger partial charge in [0.15, 0.2) is 0 Å². The van der Waals surface area contributed by atoms with Crippen LogP contribution in [0.15, 0.2) is 243 Å². The van der Waals surface area contributed by atoms with Crippen molar-refractivity contribution >= 4 is 80.0 Å². The van der Waals surface area contributed by atoms with Crippen molar-refractivity contribution in [3.05, 3.63) is 265 Å². The van der Waals surface area contributed by atoms with E-state index in [9.17, 15) is 0 Å². The molecule has 0 saturated heterocycles. The van der Waals surface area contributed by atoms with E-state index in [-0.39, 0.29) is 0 Å². The van der Waals surface area contributed by atoms with E-state index >= 15 is 0 Å². The summed E-state index contributed by atoms with van der Waals surface area (Å²) in [4.78, 5) is 4.62. The molecule has 0 aliphatic heterocycles. The topological polar surface area (TPSA) is 6.48 Å². The van der Waals surface area contributed by atoms with Crippen LogP contribution in [0, 0.1) is 0 Å². The van der Waals surface area contributed by atoms with E-state index in [1.807, 2.05) is 0 Å². The average molecular weight is 793 g/mol. The fourth-order valence-electron chi connectivity index (χ4n) is 8.21. The molecule has 0 amide bonds. The molecule has 0 spiro atoms. The molecular weight excluding hydrogens is 749 g/mol. The Kier molecular flexibility index (Phi) is 10.8. The third-order valence-corrected chi connectivity index (χ3v) is 11.4. The van der Waals surface area contributed by atoms with Crippen LogP contribution < -0.4 is 9.80 Å². The number of nitrogens with zero attached hydrogens (tertiary/aromatic N) is 2. The third-order valence-electron chi connectivity index (χ3n) is 11.4. The van der Waals surface area contributed by atoms with E-state index in [2.05, 4.69) is 277 Å². The van der Waals surface area contributed by atoms with Crippen molar-refractivity contribution in [3.8, 4) is 11.1 Å². The lowest BCUT2D eigenvalue weighted by Gasteiger charge is -2.26. The van der Waals surface area contributed by atoms with Gasteiger partial charge in [-0.15, -0.1) is 0 Å². The van der Waals surface area contributed by atoms with E-state index in [1.54, 1.807) is 0 Å². The molecule has 0 aliphatic carbocycles. The summed E-state index contributed by atoms with van der Waals surface area (Å²) in [7, 11) is 0. The number of para-hydroxylation sites is 2. The van der Waals surface area contributed by atoms with Crippen LogP contribution in [0.4, 0.5) is 34.1 Å². The highest BCUT2D eigenvalue weighted by Gasteiger charge is 2.15. The highest BCUT2D eigenvalue weighted by Crippen LogP contribution is 2.38. The van der Waals surface area contributed by atoms with Gasteiger partial charge in [0.25, 0.3) is 0 Å². The smallest absolute Gasteiger partial charge is 0.0462 e. The van der Waals surface area contributed by atoms with Crippen LogP contribution in [0.2, 0.25) is 0 Å². The Labute approximate surface area is 364 Å². The zero-order valence-corrected chi connectivity index (χ0v) is 34.3. The van der Waals surface area contributed by atoms with Crippen LogP contribution >= 0.6 is 0 Å². The first kappa shape index (κ1) is 38.0. The van der Waals surface area contributed by atoms with Gasteiger partial charge in [-0.3, -0.25) is 0 Å². The quantitative estimate of drug-likeness (QED) is 0.120. The molecule has 0 atom stereocenters. The maximum absolute atomic E-state index is 2.31. The normalized spacial score (nSPS) is 11.4. The molecule has 0 aromatic heterocycles. The molecule has 62 heavy (non-hydrogen) atoms. The molecule has 0 fully saturated rings. The molecule has 2 heteroatoms. The molecule has 10 aromatic rings. The minimum absolute atomic E-state index is 1.10. The highest BCUT2D eigenvalue weighted by molar-refractivity contribution is 5.93. The molecule has 0 bridgehead atoms. The van der Waals surface area contributed by atoms with Crippen molar-refractivity contribution in [2.24, 2.45) is 0 Å². The molecule has 10 aromatic carbocycles. The molecule has 0 aliphatic rings. The zero-order valence-electron chi connectivity index (χ0n) is 34.3. The predicted molar refractivity (Wildman–Crippen MR) is 267 cm³/mol. The summed E-state index contributed by atoms with van der Waals surface area (Å²) in [5.74, 6) is 0. The van der Waals surface area contributed by atoms with Gasteiger partial charge in [0.05, 0.1) is 0 Å². The summed E-state index contributed by atoms with van der Waals surface area (Å²) >= 11 is 0. The second-order valence-electron chi connectivity index (χ2n) is 15.5. The number of anilines is 6. The van der Waals surface area contributed by atoms with Crippen LogP contribution in [0.3, 0.4) is 0 Å². The van der Waals surface area contributed by atoms with Crippen LogP contribution in [0.25, 0.3) is 57.0 Å². The Morgan fingerprint density at radius 2 is 0.629 bits per heavy atom. The van der Waals surface area contributed by atoms with Gasteiger partial charge in [0.1, 0.15) is 0 Å². The van der Waals surface area contributed by atoms with E-state index in [1.165, 1.54) is 32.7 Å². The van der Waals surface area contributed by atoms with Crippen LogP contribution in [0.5, 0.6) is 0 Å². The standard InChI is InChI=1S/C60H44N2/c1-3-17-54(18-4-1)61(56-36-26-45(27-37-56)22-23-47-25-30-48-12-7-8-14-53(48)44-47)58-40-32-49(33-41-58)50-34-42-59(43-35-50)62(55-19-5-2-6-20-55)57-38-28-46(29-39-57)24-31-52-16-11-15-51-13-9-10-21-60(51)52/h1-44H. The van der Waals surface area contributed by atoms with Gasteiger partial charge in [0.2, 0.25) is 0 Å². The Morgan fingerprint density at radius 1 is 0.242 bits per heavy atom. The minimum atomic E-state index is 1.10. The number of fused-ring (bicyclic) bond motifs is 2. The van der Waals surface area contributed by atoms with Gasteiger partial charge < -0.3 is 9.80 Å². The summed E-state index contributed by atoms with van der Waals surface area (Å²) < 4.78 is 0. The maximum atomic E-state index is 2.31. The largest absolute Gasteiger partial charge is 0.311 e. The summed E-state index contributed by atoms with van der Waals surface area (Å²) in [6, 6.07) is 86.6. The fourth-order valence-corrected chi connectivity index (χ4v) is 8.21. The first-order chi connectivity index (χ1) is 30.7. The van der Waals surface area contributed by atoms with Crippen molar-refractivity contribution < 1.29 is 0 Å². The summed E-state index contributed by atoms with van der Waals surface area (Å²) in [5.41, 5.74) is 13.7. The Bertz CT molecular complexity index is 3130. The number of hydrogen-bond acceptors (Lipinski definition) is 2. The molecule has 0 saturated carbocycles. The van der Waals surface area contributed by atoms with Crippen LogP contribution in [-0.4, -0.2) is 0 Å². The summed E-state index contributed by atoms with van der Waals surface area (Å²) in [6.45, 7) is 0. The zero-order chi connectivity index (χ0) is 41.5. The number of hydrogen-bond donors (Lipinski definition) is 0. The van der Waals surface area contributed by atoms with E-state index in [4.69, 9.17) is 0 Å². The molecule has 0 radical (unpaired) electrons. The van der Waals surface area contributed by atoms with Crippen molar-refractivity contribution in [1.82, 2.24) is 0 Å². The highest BCUT2D eigenvalue weighted by atomic mass is 15.1. The first-order valence-electron chi connectivity index (χ1n) is 21.2. The lowest BCUT2D eigenvalue weighted by Crippen LogP contribution is -2.10. The second-order valence-corrected chi connectivity index (χ2v) is 15.5. The Hall–Kier alpha value is -8.20. The Balaban J connectivity index is 0.881. The Morgan fingerprint density at radius 3 is 1.18 bits per heavy atom. The summed E-state index contributed by atoms with van der Waals surface area (Å²) in [6.07, 6.45) is 8.77. The van der Waals surface area contributed by atoms with Gasteiger partial charge in [-0.25, -0.2) is 0 Å². The number of benzene rings is 10. The molecule has 0 heterocycles. The van der Waals surface area contributed by atoms with E-state index < -0.39 is 0 Å². The SMILES string of the molecule is C(=Cc1ccc2ccccc2c1)c1ccc(N(c2ccccc2)c2ccc(-c3ccc(N(c4ccccc4)c4ccc(C=Cc5cccc6ccccc56)cc4)cc3)cc2)cc1. The summed E-state index contributed by atoms with van der Waals surface area (Å²) in [5, 5.41) is 5.02. The lowest BCUT2D eigenvalue weighted by molar-refractivity contribution is 1.28. The molecule has 0 unspecified atom stereocenters. The van der Waals surface area contributed by atoms with Crippen LogP contribution in [0.1, 0.15) is 22.3 Å². The lowest BCUT2D eigenvalue weighted by atomic mass is 10.0. The second kappa shape index (κ2) is 17.6. The monoisotopic (exact) mass is 792 g/mol. The van der Waals surface area contributed by atoms with Crippen molar-refractivity contribution in [1.29, 1.82) is 0 Å². The van der Waals surface area contributed by atoms with Crippen molar-refractivity contribution in [2.45, 2.75) is 0 Å². The molecule has 0 N–H and O–H groups in total. The third kappa shape index (κ3) is 8.31. The molecule has 2 nitrogen and oxygen atoms in total. The van der Waals surface area contributed by atoms with E-state index in [0.29, 0.717) is 0 Å².